The van der Waals surface area contributed by atoms with Gasteiger partial charge >= 0.3 is 0 Å². The molecular weight excluding hydrogens is 289 g/mol. The van der Waals surface area contributed by atoms with Crippen molar-refractivity contribution in [1.29, 1.82) is 0 Å². The summed E-state index contributed by atoms with van der Waals surface area (Å²) in [7, 11) is 0. The van der Waals surface area contributed by atoms with E-state index in [1.807, 2.05) is 0 Å². The van der Waals surface area contributed by atoms with E-state index in [0.717, 1.165) is 25.7 Å². The van der Waals surface area contributed by atoms with Crippen molar-refractivity contribution in [1.82, 2.24) is 0 Å². The van der Waals surface area contributed by atoms with Gasteiger partial charge in [-0.2, -0.15) is 0 Å². The van der Waals surface area contributed by atoms with Crippen LogP contribution in [0, 0.1) is 0 Å². The molecule has 0 rings (SSSR count). The predicted octanol–water partition coefficient (Wildman–Crippen LogP) is 3.39. The zero-order chi connectivity index (χ0) is 10.2. The molecule has 0 aromatic carbocycles. The molecule has 0 aromatic heterocycles. The van der Waals surface area contributed by atoms with Gasteiger partial charge in [0.05, 0.1) is 18.9 Å². The van der Waals surface area contributed by atoms with Gasteiger partial charge in [-0.3, -0.25) is 0 Å². The molecule has 0 aliphatic carbocycles. The van der Waals surface area contributed by atoms with Crippen molar-refractivity contribution in [3.05, 3.63) is 0 Å². The van der Waals surface area contributed by atoms with E-state index in [-0.39, 0.29) is 19.5 Å². The SMILES string of the molecule is CCCCOP(=S)([S-])OCCCC.[Zn]. The molecule has 0 unspecified atom stereocenters. The Hall–Kier alpha value is 1.54. The number of unbranched alkanes of at least 4 members (excludes halogenated alkanes) is 2. The van der Waals surface area contributed by atoms with E-state index in [4.69, 9.17) is 33.1 Å². The first kappa shape index (κ1) is 17.9. The summed E-state index contributed by atoms with van der Waals surface area (Å²) in [6.45, 7) is 5.50. The summed E-state index contributed by atoms with van der Waals surface area (Å²) in [6, 6.07) is 0. The Morgan fingerprint density at radius 3 is 1.71 bits per heavy atom. The van der Waals surface area contributed by atoms with Crippen LogP contribution in [0.3, 0.4) is 0 Å². The topological polar surface area (TPSA) is 18.5 Å². The fourth-order valence-corrected chi connectivity index (χ4v) is 2.35. The predicted molar refractivity (Wildman–Crippen MR) is 63.4 cm³/mol. The molecule has 0 fully saturated rings. The van der Waals surface area contributed by atoms with Gasteiger partial charge in [-0.25, -0.2) is 0 Å². The average Bonchev–Trinajstić information content (AvgIpc) is 2.05. The third-order valence-corrected chi connectivity index (χ3v) is 3.76. The van der Waals surface area contributed by atoms with Gasteiger partial charge in [0, 0.05) is 19.5 Å². The molecule has 0 aliphatic heterocycles. The molecule has 14 heavy (non-hydrogen) atoms. The minimum absolute atomic E-state index is 0. The Morgan fingerprint density at radius 2 is 1.43 bits per heavy atom. The minimum atomic E-state index is -2.34. The smallest absolute Gasteiger partial charge is 0.0563 e. The van der Waals surface area contributed by atoms with Gasteiger partial charge in [0.25, 0.3) is 0 Å². The molecule has 0 heterocycles. The molecule has 6 heteroatoms. The molecular formula is C8H18O2PS2Zn-. The Morgan fingerprint density at radius 1 is 1.07 bits per heavy atom. The van der Waals surface area contributed by atoms with Gasteiger partial charge in [0.15, 0.2) is 0 Å². The van der Waals surface area contributed by atoms with Crippen molar-refractivity contribution in [3.63, 3.8) is 0 Å². The second-order valence-corrected chi connectivity index (χ2v) is 7.81. The van der Waals surface area contributed by atoms with Crippen LogP contribution in [0.25, 0.3) is 0 Å². The molecule has 82 valence electrons. The van der Waals surface area contributed by atoms with Crippen LogP contribution in [0.2, 0.25) is 0 Å². The second-order valence-electron chi connectivity index (χ2n) is 2.82. The zero-order valence-corrected chi connectivity index (χ0v) is 14.5. The first-order valence-electron chi connectivity index (χ1n) is 4.72. The molecule has 0 N–H and O–H groups in total. The molecule has 0 saturated carbocycles. The zero-order valence-electron chi connectivity index (χ0n) is 9.03. The van der Waals surface area contributed by atoms with E-state index in [1.165, 1.54) is 0 Å². The van der Waals surface area contributed by atoms with Crippen LogP contribution in [0.5, 0.6) is 0 Å². The molecule has 2 nitrogen and oxygen atoms in total. The number of hydrogen-bond donors (Lipinski definition) is 0. The molecule has 0 aromatic rings. The van der Waals surface area contributed by atoms with Crippen LogP contribution >= 0.6 is 5.69 Å². The monoisotopic (exact) mass is 305 g/mol. The van der Waals surface area contributed by atoms with Crippen molar-refractivity contribution < 1.29 is 28.5 Å². The van der Waals surface area contributed by atoms with E-state index in [2.05, 4.69) is 13.8 Å². The van der Waals surface area contributed by atoms with Crippen LogP contribution in [-0.4, -0.2) is 13.2 Å². The maximum Gasteiger partial charge on any atom is 0.0563 e. The van der Waals surface area contributed by atoms with Crippen molar-refractivity contribution in [3.8, 4) is 0 Å². The first-order chi connectivity index (χ1) is 6.12. The van der Waals surface area contributed by atoms with Crippen LogP contribution in [0.15, 0.2) is 0 Å². The fourth-order valence-electron chi connectivity index (χ4n) is 0.679. The van der Waals surface area contributed by atoms with E-state index >= 15 is 0 Å². The third kappa shape index (κ3) is 11.6. The van der Waals surface area contributed by atoms with Crippen LogP contribution in [0.1, 0.15) is 39.5 Å². The molecule has 0 amide bonds. The Balaban J connectivity index is 0. The van der Waals surface area contributed by atoms with Gasteiger partial charge in [0.1, 0.15) is 0 Å². The standard InChI is InChI=1S/C8H19O2PS2.Zn/c1-3-5-7-9-11(12,13)10-8-6-4-2;/h3-8H2,1-2H3,(H,12,13);/p-1. The van der Waals surface area contributed by atoms with Gasteiger partial charge in [-0.05, 0) is 12.8 Å². The Labute approximate surface area is 111 Å². The normalized spacial score (nSPS) is 11.1. The van der Waals surface area contributed by atoms with Crippen molar-refractivity contribution in [2.75, 3.05) is 13.2 Å². The number of hydrogen-bond acceptors (Lipinski definition) is 4. The van der Waals surface area contributed by atoms with Gasteiger partial charge in [0.2, 0.25) is 0 Å². The summed E-state index contributed by atoms with van der Waals surface area (Å²) >= 11 is 10.1. The van der Waals surface area contributed by atoms with E-state index < -0.39 is 5.69 Å². The molecule has 0 saturated heterocycles. The van der Waals surface area contributed by atoms with Crippen molar-refractivity contribution in [2.24, 2.45) is 0 Å². The van der Waals surface area contributed by atoms with Crippen LogP contribution in [-0.2, 0) is 52.6 Å². The minimum Gasteiger partial charge on any atom is -0.691 e. The molecule has 0 radical (unpaired) electrons. The van der Waals surface area contributed by atoms with Crippen molar-refractivity contribution >= 4 is 29.7 Å². The third-order valence-electron chi connectivity index (χ3n) is 1.49. The first-order valence-corrected chi connectivity index (χ1v) is 8.37. The second kappa shape index (κ2) is 11.0. The summed E-state index contributed by atoms with van der Waals surface area (Å²) in [5, 5.41) is 0. The Kier molecular flexibility index (Phi) is 14.1. The van der Waals surface area contributed by atoms with Crippen molar-refractivity contribution in [2.45, 2.75) is 39.5 Å². The largest absolute Gasteiger partial charge is 0.691 e. The quantitative estimate of drug-likeness (QED) is 0.296. The Bertz CT molecular complexity index is 155. The van der Waals surface area contributed by atoms with Gasteiger partial charge in [-0.1, -0.05) is 38.5 Å². The summed E-state index contributed by atoms with van der Waals surface area (Å²) in [5.41, 5.74) is -2.34. The number of rotatable bonds is 8. The molecule has 0 spiro atoms. The summed E-state index contributed by atoms with van der Waals surface area (Å²) in [4.78, 5) is 0. The molecule has 0 aliphatic rings. The van der Waals surface area contributed by atoms with E-state index in [9.17, 15) is 0 Å². The van der Waals surface area contributed by atoms with E-state index in [0.29, 0.717) is 13.2 Å². The maximum atomic E-state index is 5.33. The van der Waals surface area contributed by atoms with E-state index in [1.54, 1.807) is 0 Å². The fraction of sp³-hybridized carbons (Fsp3) is 1.00. The molecule has 0 atom stereocenters. The van der Waals surface area contributed by atoms with Crippen LogP contribution < -0.4 is 0 Å². The van der Waals surface area contributed by atoms with Crippen LogP contribution in [0.4, 0.5) is 0 Å². The van der Waals surface area contributed by atoms with Gasteiger partial charge < -0.3 is 21.3 Å². The molecule has 0 bridgehead atoms. The summed E-state index contributed by atoms with van der Waals surface area (Å²) < 4.78 is 10.7. The maximum absolute atomic E-state index is 5.33. The van der Waals surface area contributed by atoms with Gasteiger partial charge in [-0.15, -0.1) is 0 Å². The summed E-state index contributed by atoms with van der Waals surface area (Å²) in [6.07, 6.45) is 4.21. The average molecular weight is 307 g/mol. The summed E-state index contributed by atoms with van der Waals surface area (Å²) in [5.74, 6) is 0.